The summed E-state index contributed by atoms with van der Waals surface area (Å²) in [6.45, 7) is -2.81. The Kier molecular flexibility index (Phi) is 19.3. The van der Waals surface area contributed by atoms with Crippen molar-refractivity contribution in [3.63, 3.8) is 0 Å². The summed E-state index contributed by atoms with van der Waals surface area (Å²) in [5.41, 5.74) is -14.1. The Morgan fingerprint density at radius 2 is 0.696 bits per heavy atom. The summed E-state index contributed by atoms with van der Waals surface area (Å²) in [6.07, 6.45) is -26.0. The number of fused-ring (bicyclic) bond motifs is 9. The molecule has 25 N–H and O–H groups in total. The Hall–Kier alpha value is -15.4. The maximum atomic E-state index is 15.1. The zero-order chi connectivity index (χ0) is 81.7. The minimum absolute atomic E-state index is 0.172. The Morgan fingerprint density at radius 1 is 0.348 bits per heavy atom. The van der Waals surface area contributed by atoms with E-state index in [1.165, 1.54) is 0 Å². The standard InChI is InChI=1S/C68H50O44/c69-12-33-47(88)55(107-59(94)14-1-22(70)39(80)23(71)2-14)57(109-60(95)15-3-24(72)40(81)25(73)4-15)67(104-33)111-61(96)16-5-26(74)41(82)32(6-16)103-53-21(11-31(79)46(87)52(53)93)66(101)112-68-58-56(108-64(99)19-9-29(77)44(85)50(91)37(19)38-20(65(100)110-58)10-30(78)45(86)51(38)92)54-34(105-68)13-102-62(97)17-7-27(75)42(83)48(89)35(17)36-18(63(98)106-54)8-28(76)43(84)49(36)90/h1-11,33-34,47,54-58,67-93H,12-13H2/t33-,34+,47-,54+,55+,56-,57+,58-,67-,68+/m0/s1. The molecule has 12 rings (SSSR count). The number of cyclic esters (lactones) is 1. The highest BCUT2D eigenvalue weighted by molar-refractivity contribution is 6.10. The van der Waals surface area contributed by atoms with Gasteiger partial charge in [0.2, 0.25) is 65.0 Å². The highest BCUT2D eigenvalue weighted by Gasteiger charge is 2.57. The van der Waals surface area contributed by atoms with Crippen LogP contribution in [0.15, 0.2) is 66.7 Å². The SMILES string of the molecule is O=C(O[C@@H]1O[C@@H](CO)[C@H](O)[C@@H](OC(=O)c2cc(O)c(O)c(O)c2)[C@H]1OC(=O)c1cc(O)c(O)c(O)c1)c1cc(O)c(O)c(Oc2c(C(=O)O[C@H]3O[C@@H]4COC(=O)c5cc(O)c(O)c(O)c5-c5c(cc(O)c(O)c5O)C(=O)O[C@H]4[C@@H]4OC(=O)c5cc(O)c(O)c(O)c5-c5c(cc(O)c(O)c5O)C(=O)O[C@H]34)cc(O)c(O)c2O)c1. The summed E-state index contributed by atoms with van der Waals surface area (Å²) in [5, 5.41) is 270. The molecule has 4 aliphatic heterocycles. The third-order valence-corrected chi connectivity index (χ3v) is 17.4. The second-order valence-electron chi connectivity index (χ2n) is 24.2. The third kappa shape index (κ3) is 13.1. The monoisotopic (exact) mass is 1570 g/mol. The van der Waals surface area contributed by atoms with Crippen molar-refractivity contribution in [1.29, 1.82) is 0 Å². The molecule has 8 aromatic carbocycles. The van der Waals surface area contributed by atoms with Gasteiger partial charge in [-0.05, 0) is 60.7 Å². The van der Waals surface area contributed by atoms with Gasteiger partial charge in [0.15, 0.2) is 122 Å². The molecule has 0 unspecified atom stereocenters. The second-order valence-corrected chi connectivity index (χ2v) is 24.2. The number of rotatable bonds is 11. The first-order valence-electron chi connectivity index (χ1n) is 31.1. The van der Waals surface area contributed by atoms with Crippen molar-refractivity contribution in [2.45, 2.75) is 61.4 Å². The van der Waals surface area contributed by atoms with Crippen LogP contribution in [0.2, 0.25) is 0 Å². The highest BCUT2D eigenvalue weighted by Crippen LogP contribution is 2.57. The molecule has 44 heteroatoms. The van der Waals surface area contributed by atoms with Crippen LogP contribution in [-0.4, -0.2) is 250 Å². The van der Waals surface area contributed by atoms with Crippen LogP contribution in [0.5, 0.6) is 144 Å². The predicted octanol–water partition coefficient (Wildman–Crippen LogP) is 1.77. The Bertz CT molecular complexity index is 5350. The maximum absolute atomic E-state index is 15.1. The lowest BCUT2D eigenvalue weighted by Crippen LogP contribution is -2.63. The molecule has 0 saturated carbocycles. The van der Waals surface area contributed by atoms with E-state index in [-0.39, 0.29) is 18.2 Å². The average molecular weight is 1570 g/mol. The lowest BCUT2D eigenvalue weighted by molar-refractivity contribution is -0.283. The molecule has 10 atom stereocenters. The van der Waals surface area contributed by atoms with Crippen molar-refractivity contribution in [2.24, 2.45) is 0 Å². The molecular weight excluding hydrogens is 1520 g/mol. The number of aliphatic hydroxyl groups is 2. The Morgan fingerprint density at radius 3 is 1.13 bits per heavy atom. The van der Waals surface area contributed by atoms with E-state index in [4.69, 9.17) is 52.1 Å². The van der Waals surface area contributed by atoms with Crippen molar-refractivity contribution in [1.82, 2.24) is 0 Å². The van der Waals surface area contributed by atoms with Crippen LogP contribution in [0, 0.1) is 0 Å². The molecule has 2 saturated heterocycles. The minimum Gasteiger partial charge on any atom is -0.504 e. The number of carbonyl (C=O) groups is 8. The smallest absolute Gasteiger partial charge is 0.344 e. The Labute approximate surface area is 616 Å². The van der Waals surface area contributed by atoms with Crippen LogP contribution < -0.4 is 4.74 Å². The van der Waals surface area contributed by atoms with E-state index < -0.39 is 333 Å². The van der Waals surface area contributed by atoms with Crippen molar-refractivity contribution < 1.29 is 218 Å². The zero-order valence-corrected chi connectivity index (χ0v) is 55.0. The van der Waals surface area contributed by atoms with Gasteiger partial charge in [0, 0.05) is 28.3 Å². The minimum atomic E-state index is -2.99. The number of esters is 8. The fourth-order valence-corrected chi connectivity index (χ4v) is 11.9. The summed E-state index contributed by atoms with van der Waals surface area (Å²) in [7, 11) is 0. The fraction of sp³-hybridized carbons (Fsp3) is 0.176. The molecule has 44 nitrogen and oxygen atoms in total. The molecule has 2 fully saturated rings. The van der Waals surface area contributed by atoms with Gasteiger partial charge in [0.1, 0.15) is 30.5 Å². The molecule has 0 amide bonds. The molecule has 0 aromatic heterocycles. The molecule has 8 aromatic rings. The number of ether oxygens (including phenoxy) is 11. The summed E-state index contributed by atoms with van der Waals surface area (Å²) >= 11 is 0. The van der Waals surface area contributed by atoms with Gasteiger partial charge in [-0.2, -0.15) is 0 Å². The van der Waals surface area contributed by atoms with Crippen LogP contribution in [0.3, 0.4) is 0 Å². The van der Waals surface area contributed by atoms with Gasteiger partial charge in [-0.25, -0.2) is 38.4 Å². The zero-order valence-electron chi connectivity index (χ0n) is 55.0. The average Bonchev–Trinajstić information content (AvgIpc) is 0.891. The van der Waals surface area contributed by atoms with E-state index >= 15 is 4.79 Å². The highest BCUT2D eigenvalue weighted by atomic mass is 16.8. The lowest BCUT2D eigenvalue weighted by Gasteiger charge is -2.44. The van der Waals surface area contributed by atoms with Gasteiger partial charge in [0.25, 0.3) is 0 Å². The van der Waals surface area contributed by atoms with E-state index in [1.54, 1.807) is 0 Å². The number of hydrogen-bond donors (Lipinski definition) is 25. The molecule has 4 heterocycles. The van der Waals surface area contributed by atoms with Gasteiger partial charge in [-0.1, -0.05) is 0 Å². The molecule has 0 aliphatic carbocycles. The van der Waals surface area contributed by atoms with Crippen molar-refractivity contribution in [2.75, 3.05) is 13.2 Å². The molecule has 0 radical (unpaired) electrons. The van der Waals surface area contributed by atoms with Crippen LogP contribution in [0.1, 0.15) is 82.9 Å². The van der Waals surface area contributed by atoms with Crippen molar-refractivity contribution >= 4 is 47.8 Å². The number of carbonyl (C=O) groups excluding carboxylic acids is 8. The number of phenolic OH excluding ortho intramolecular Hbond substituents is 23. The topological polar surface area (TPSA) is 744 Å². The van der Waals surface area contributed by atoms with E-state index in [2.05, 4.69) is 0 Å². The fourth-order valence-electron chi connectivity index (χ4n) is 11.9. The second kappa shape index (κ2) is 28.4. The largest absolute Gasteiger partial charge is 0.504 e. The first kappa shape index (κ1) is 76.2. The molecule has 0 bridgehead atoms. The number of phenols is 23. The first-order chi connectivity index (χ1) is 52.7. The van der Waals surface area contributed by atoms with Crippen LogP contribution in [0.4, 0.5) is 0 Å². The summed E-state index contributed by atoms with van der Waals surface area (Å²) in [5.74, 6) is -50.9. The van der Waals surface area contributed by atoms with Gasteiger partial charge >= 0.3 is 47.8 Å². The molecular formula is C68H50O44. The van der Waals surface area contributed by atoms with Crippen molar-refractivity contribution in [3.05, 3.63) is 111 Å². The molecule has 586 valence electrons. The quantitative estimate of drug-likeness (QED) is 0.0498. The van der Waals surface area contributed by atoms with Crippen LogP contribution in [-0.2, 0) is 47.4 Å². The van der Waals surface area contributed by atoms with E-state index in [1.807, 2.05) is 0 Å². The van der Waals surface area contributed by atoms with Crippen LogP contribution in [0.25, 0.3) is 22.3 Å². The Balaban J connectivity index is 0.946. The van der Waals surface area contributed by atoms with Gasteiger partial charge in [-0.3, -0.25) is 0 Å². The van der Waals surface area contributed by atoms with E-state index in [0.717, 1.165) is 0 Å². The van der Waals surface area contributed by atoms with Gasteiger partial charge in [0.05, 0.1) is 45.6 Å². The summed E-state index contributed by atoms with van der Waals surface area (Å²) < 4.78 is 61.7. The summed E-state index contributed by atoms with van der Waals surface area (Å²) in [6, 6.07) is 4.16. The molecule has 112 heavy (non-hydrogen) atoms. The number of benzene rings is 8. The number of hydrogen-bond acceptors (Lipinski definition) is 44. The molecule has 0 spiro atoms. The number of aromatic hydroxyl groups is 23. The lowest BCUT2D eigenvalue weighted by atomic mass is 9.91. The van der Waals surface area contributed by atoms with E-state index in [0.29, 0.717) is 48.5 Å². The normalized spacial score (nSPS) is 20.6. The maximum Gasteiger partial charge on any atom is 0.344 e. The first-order valence-corrected chi connectivity index (χ1v) is 31.1. The van der Waals surface area contributed by atoms with Crippen molar-refractivity contribution in [3.8, 4) is 166 Å². The third-order valence-electron chi connectivity index (χ3n) is 17.4. The molecule has 4 aliphatic rings. The van der Waals surface area contributed by atoms with E-state index in [9.17, 15) is 161 Å². The van der Waals surface area contributed by atoms with Gasteiger partial charge in [-0.15, -0.1) is 0 Å². The van der Waals surface area contributed by atoms with Gasteiger partial charge < -0.3 is 180 Å². The van der Waals surface area contributed by atoms with Crippen LogP contribution >= 0.6 is 0 Å². The number of aliphatic hydroxyl groups excluding tert-OH is 2. The summed E-state index contributed by atoms with van der Waals surface area (Å²) in [4.78, 5) is 116. The predicted molar refractivity (Wildman–Crippen MR) is 345 cm³/mol.